The van der Waals surface area contributed by atoms with Gasteiger partial charge in [-0.05, 0) is 60.7 Å². The van der Waals surface area contributed by atoms with Crippen molar-refractivity contribution in [2.24, 2.45) is 0 Å². The minimum atomic E-state index is -0.263. The monoisotopic (exact) mass is 363 g/mol. The lowest BCUT2D eigenvalue weighted by molar-refractivity contribution is 0.0944. The van der Waals surface area contributed by atoms with E-state index in [-0.39, 0.29) is 11.0 Å². The molecule has 0 unspecified atom stereocenters. The van der Waals surface area contributed by atoms with Crippen molar-refractivity contribution in [3.8, 4) is 11.5 Å². The van der Waals surface area contributed by atoms with Gasteiger partial charge in [0.1, 0.15) is 11.5 Å². The van der Waals surface area contributed by atoms with E-state index in [1.165, 1.54) is 0 Å². The summed E-state index contributed by atoms with van der Waals surface area (Å²) in [5.41, 5.74) is 6.54. The second kappa shape index (κ2) is 8.64. The molecule has 3 rings (SSSR count). The van der Waals surface area contributed by atoms with Gasteiger partial charge in [-0.3, -0.25) is 15.6 Å². The summed E-state index contributed by atoms with van der Waals surface area (Å²) < 4.78 is 5.73. The third-order valence-corrected chi connectivity index (χ3v) is 3.62. The van der Waals surface area contributed by atoms with Gasteiger partial charge in [0.25, 0.3) is 5.91 Å². The molecule has 3 N–H and O–H groups in total. The van der Waals surface area contributed by atoms with Crippen molar-refractivity contribution in [1.82, 2.24) is 10.9 Å². The second-order valence-electron chi connectivity index (χ2n) is 5.34. The molecule has 5 nitrogen and oxygen atoms in total. The Morgan fingerprint density at radius 3 is 1.96 bits per heavy atom. The van der Waals surface area contributed by atoms with Crippen molar-refractivity contribution in [1.29, 1.82) is 0 Å². The van der Waals surface area contributed by atoms with Crippen molar-refractivity contribution >= 4 is 28.9 Å². The van der Waals surface area contributed by atoms with Crippen LogP contribution in [0.3, 0.4) is 0 Å². The summed E-state index contributed by atoms with van der Waals surface area (Å²) in [5, 5.41) is 3.27. The Morgan fingerprint density at radius 1 is 0.731 bits per heavy atom. The van der Waals surface area contributed by atoms with Crippen LogP contribution in [0.5, 0.6) is 11.5 Å². The number of carbonyl (C=O) groups is 1. The van der Waals surface area contributed by atoms with Crippen molar-refractivity contribution in [2.75, 3.05) is 5.32 Å². The Labute approximate surface area is 157 Å². The van der Waals surface area contributed by atoms with Crippen LogP contribution in [0.1, 0.15) is 10.4 Å². The quantitative estimate of drug-likeness (QED) is 0.481. The van der Waals surface area contributed by atoms with Crippen LogP contribution in [0, 0.1) is 0 Å². The summed E-state index contributed by atoms with van der Waals surface area (Å²) in [5.74, 6) is 1.23. The van der Waals surface area contributed by atoms with Gasteiger partial charge in [0.2, 0.25) is 0 Å². The number of amides is 1. The van der Waals surface area contributed by atoms with E-state index in [4.69, 9.17) is 17.0 Å². The lowest BCUT2D eigenvalue weighted by atomic mass is 10.2. The lowest BCUT2D eigenvalue weighted by Gasteiger charge is -2.12. The van der Waals surface area contributed by atoms with Crippen molar-refractivity contribution in [3.05, 3.63) is 90.5 Å². The SMILES string of the molecule is O=C(NNC(=S)Nc1ccc(Oc2ccccc2)cc1)c1ccccc1. The number of hydrogen-bond acceptors (Lipinski definition) is 3. The molecule has 0 radical (unpaired) electrons. The molecule has 3 aromatic carbocycles. The molecule has 6 heteroatoms. The standard InChI is InChI=1S/C20H17N3O2S/c24-19(15-7-3-1-4-8-15)22-23-20(26)21-16-11-13-18(14-12-16)25-17-9-5-2-6-10-17/h1-14H,(H,22,24)(H2,21,23,26). The number of hydrogen-bond donors (Lipinski definition) is 3. The molecule has 0 saturated heterocycles. The third kappa shape index (κ3) is 5.06. The van der Waals surface area contributed by atoms with Gasteiger partial charge in [-0.25, -0.2) is 0 Å². The van der Waals surface area contributed by atoms with Gasteiger partial charge < -0.3 is 10.1 Å². The fourth-order valence-corrected chi connectivity index (χ4v) is 2.34. The predicted molar refractivity (Wildman–Crippen MR) is 106 cm³/mol. The zero-order valence-electron chi connectivity index (χ0n) is 13.8. The largest absolute Gasteiger partial charge is 0.457 e. The van der Waals surface area contributed by atoms with Crippen LogP contribution in [0.25, 0.3) is 0 Å². The minimum Gasteiger partial charge on any atom is -0.457 e. The number of para-hydroxylation sites is 1. The molecule has 0 bridgehead atoms. The van der Waals surface area contributed by atoms with Crippen LogP contribution in [-0.4, -0.2) is 11.0 Å². The highest BCUT2D eigenvalue weighted by Gasteiger charge is 2.05. The maximum Gasteiger partial charge on any atom is 0.269 e. The third-order valence-electron chi connectivity index (χ3n) is 3.42. The van der Waals surface area contributed by atoms with E-state index >= 15 is 0 Å². The number of benzene rings is 3. The molecule has 0 aliphatic heterocycles. The molecule has 0 aromatic heterocycles. The number of thiocarbonyl (C=S) groups is 1. The van der Waals surface area contributed by atoms with E-state index in [1.807, 2.05) is 60.7 Å². The highest BCUT2D eigenvalue weighted by molar-refractivity contribution is 7.80. The minimum absolute atomic E-state index is 0.263. The molecule has 0 heterocycles. The fraction of sp³-hybridized carbons (Fsp3) is 0. The molecule has 0 fully saturated rings. The average Bonchev–Trinajstić information content (AvgIpc) is 2.69. The summed E-state index contributed by atoms with van der Waals surface area (Å²) in [6.07, 6.45) is 0. The van der Waals surface area contributed by atoms with Crippen LogP contribution in [0.4, 0.5) is 5.69 Å². The summed E-state index contributed by atoms with van der Waals surface area (Å²) in [7, 11) is 0. The predicted octanol–water partition coefficient (Wildman–Crippen LogP) is 4.11. The molecule has 0 aliphatic rings. The first-order valence-corrected chi connectivity index (χ1v) is 8.37. The Morgan fingerprint density at radius 2 is 1.31 bits per heavy atom. The average molecular weight is 363 g/mol. The molecule has 3 aromatic rings. The molecule has 0 saturated carbocycles. The smallest absolute Gasteiger partial charge is 0.269 e. The Kier molecular flexibility index (Phi) is 5.80. The molecule has 0 spiro atoms. The van der Waals surface area contributed by atoms with Gasteiger partial charge >= 0.3 is 0 Å². The number of hydrazine groups is 1. The zero-order valence-corrected chi connectivity index (χ0v) is 14.6. The van der Waals surface area contributed by atoms with Gasteiger partial charge in [-0.15, -0.1) is 0 Å². The molecule has 0 aliphatic carbocycles. The van der Waals surface area contributed by atoms with Gasteiger partial charge in [0.15, 0.2) is 5.11 Å². The van der Waals surface area contributed by atoms with E-state index in [0.717, 1.165) is 17.2 Å². The van der Waals surface area contributed by atoms with Crippen molar-refractivity contribution in [3.63, 3.8) is 0 Å². The van der Waals surface area contributed by atoms with Gasteiger partial charge in [0.05, 0.1) is 0 Å². The Bertz CT molecular complexity index is 869. The van der Waals surface area contributed by atoms with Crippen molar-refractivity contribution in [2.45, 2.75) is 0 Å². The van der Waals surface area contributed by atoms with E-state index in [1.54, 1.807) is 24.3 Å². The van der Waals surface area contributed by atoms with E-state index in [2.05, 4.69) is 16.2 Å². The summed E-state index contributed by atoms with van der Waals surface area (Å²) in [4.78, 5) is 11.9. The Balaban J connectivity index is 1.49. The summed E-state index contributed by atoms with van der Waals surface area (Å²) >= 11 is 5.17. The van der Waals surface area contributed by atoms with Crippen LogP contribution in [-0.2, 0) is 0 Å². The van der Waals surface area contributed by atoms with E-state index in [0.29, 0.717) is 5.56 Å². The zero-order chi connectivity index (χ0) is 18.2. The normalized spacial score (nSPS) is 9.85. The molecule has 130 valence electrons. The number of nitrogens with one attached hydrogen (secondary N) is 3. The first-order chi connectivity index (χ1) is 12.7. The highest BCUT2D eigenvalue weighted by Crippen LogP contribution is 2.22. The van der Waals surface area contributed by atoms with Gasteiger partial charge in [-0.1, -0.05) is 36.4 Å². The van der Waals surface area contributed by atoms with E-state index < -0.39 is 0 Å². The lowest BCUT2D eigenvalue weighted by Crippen LogP contribution is -2.43. The highest BCUT2D eigenvalue weighted by atomic mass is 32.1. The maximum absolute atomic E-state index is 11.9. The molecule has 1 amide bonds. The number of ether oxygens (including phenoxy) is 1. The maximum atomic E-state index is 11.9. The molecule has 26 heavy (non-hydrogen) atoms. The van der Waals surface area contributed by atoms with Crippen LogP contribution >= 0.6 is 12.2 Å². The fourth-order valence-electron chi connectivity index (χ4n) is 2.17. The number of rotatable bonds is 4. The summed E-state index contributed by atoms with van der Waals surface area (Å²) in [6, 6.07) is 25.8. The summed E-state index contributed by atoms with van der Waals surface area (Å²) in [6.45, 7) is 0. The van der Waals surface area contributed by atoms with Crippen LogP contribution in [0.2, 0.25) is 0 Å². The number of anilines is 1. The first kappa shape index (κ1) is 17.4. The van der Waals surface area contributed by atoms with Gasteiger partial charge in [0, 0.05) is 11.3 Å². The molecule has 0 atom stereocenters. The molecular weight excluding hydrogens is 346 g/mol. The van der Waals surface area contributed by atoms with E-state index in [9.17, 15) is 4.79 Å². The Hall–Kier alpha value is -3.38. The second-order valence-corrected chi connectivity index (χ2v) is 5.75. The van der Waals surface area contributed by atoms with Crippen LogP contribution in [0.15, 0.2) is 84.9 Å². The molecular formula is C20H17N3O2S. The first-order valence-electron chi connectivity index (χ1n) is 7.96. The van der Waals surface area contributed by atoms with Crippen molar-refractivity contribution < 1.29 is 9.53 Å². The topological polar surface area (TPSA) is 62.4 Å². The van der Waals surface area contributed by atoms with Gasteiger partial charge in [-0.2, -0.15) is 0 Å². The number of carbonyl (C=O) groups excluding carboxylic acids is 1. The van der Waals surface area contributed by atoms with Crippen LogP contribution < -0.4 is 20.9 Å².